The molecule has 19 heavy (non-hydrogen) atoms. The van der Waals surface area contributed by atoms with Crippen molar-refractivity contribution >= 4 is 15.9 Å². The van der Waals surface area contributed by atoms with Gasteiger partial charge in [0.25, 0.3) is 0 Å². The van der Waals surface area contributed by atoms with Crippen molar-refractivity contribution in [3.8, 4) is 5.75 Å². The Labute approximate surface area is 120 Å². The van der Waals surface area contributed by atoms with Crippen molar-refractivity contribution in [1.82, 2.24) is 14.8 Å². The number of ether oxygens (including phenoxy) is 1. The average molecular weight is 325 g/mol. The first-order valence-electron chi connectivity index (χ1n) is 6.08. The van der Waals surface area contributed by atoms with Crippen molar-refractivity contribution in [2.45, 2.75) is 20.0 Å². The topological polar surface area (TPSA) is 66.0 Å². The molecule has 2 aromatic rings. The van der Waals surface area contributed by atoms with Crippen LogP contribution in [0, 0.1) is 6.92 Å². The number of halogens is 1. The van der Waals surface area contributed by atoms with Crippen molar-refractivity contribution in [3.63, 3.8) is 0 Å². The monoisotopic (exact) mass is 324 g/mol. The van der Waals surface area contributed by atoms with Crippen molar-refractivity contribution in [3.05, 3.63) is 39.9 Å². The molecular formula is C13H17BrN4O. The summed E-state index contributed by atoms with van der Waals surface area (Å²) >= 11 is 3.51. The number of benzene rings is 1. The van der Waals surface area contributed by atoms with E-state index in [0.717, 1.165) is 28.3 Å². The molecule has 0 atom stereocenters. The number of rotatable bonds is 5. The summed E-state index contributed by atoms with van der Waals surface area (Å²) in [6.45, 7) is 2.95. The normalized spacial score (nSPS) is 10.7. The molecule has 2 N–H and O–H groups in total. The Balaban J connectivity index is 2.05. The lowest BCUT2D eigenvalue weighted by atomic mass is 10.1. The van der Waals surface area contributed by atoms with E-state index in [0.29, 0.717) is 13.2 Å². The fourth-order valence-electron chi connectivity index (χ4n) is 1.70. The van der Waals surface area contributed by atoms with Crippen LogP contribution in [0.2, 0.25) is 0 Å². The lowest BCUT2D eigenvalue weighted by Crippen LogP contribution is -2.05. The molecule has 0 unspecified atom stereocenters. The van der Waals surface area contributed by atoms with E-state index in [1.165, 1.54) is 5.56 Å². The van der Waals surface area contributed by atoms with Crippen LogP contribution >= 0.6 is 15.9 Å². The molecule has 5 nitrogen and oxygen atoms in total. The van der Waals surface area contributed by atoms with E-state index >= 15 is 0 Å². The number of nitrogens with zero attached hydrogens (tertiary/aromatic N) is 3. The summed E-state index contributed by atoms with van der Waals surface area (Å²) < 4.78 is 8.59. The van der Waals surface area contributed by atoms with Gasteiger partial charge in [-0.15, -0.1) is 10.2 Å². The maximum Gasteiger partial charge on any atom is 0.170 e. The van der Waals surface area contributed by atoms with Crippen LogP contribution in [0.15, 0.2) is 22.7 Å². The van der Waals surface area contributed by atoms with Gasteiger partial charge < -0.3 is 15.0 Å². The Morgan fingerprint density at radius 2 is 2.16 bits per heavy atom. The predicted molar refractivity (Wildman–Crippen MR) is 77.0 cm³/mol. The molecule has 0 saturated carbocycles. The van der Waals surface area contributed by atoms with Gasteiger partial charge in [-0.3, -0.25) is 0 Å². The third kappa shape index (κ3) is 3.33. The van der Waals surface area contributed by atoms with Crippen LogP contribution in [0.3, 0.4) is 0 Å². The molecule has 1 aromatic heterocycles. The molecule has 0 spiro atoms. The summed E-state index contributed by atoms with van der Waals surface area (Å²) in [5.41, 5.74) is 6.73. The highest BCUT2D eigenvalue weighted by Gasteiger charge is 2.07. The second-order valence-electron chi connectivity index (χ2n) is 4.31. The number of nitrogens with two attached hydrogens (primary N) is 1. The minimum atomic E-state index is 0.395. The van der Waals surface area contributed by atoms with Crippen LogP contribution in [0.25, 0.3) is 0 Å². The molecule has 102 valence electrons. The summed E-state index contributed by atoms with van der Waals surface area (Å²) in [6.07, 6.45) is 0.862. The zero-order valence-corrected chi connectivity index (χ0v) is 12.6. The highest BCUT2D eigenvalue weighted by molar-refractivity contribution is 9.10. The van der Waals surface area contributed by atoms with E-state index < -0.39 is 0 Å². The van der Waals surface area contributed by atoms with E-state index in [2.05, 4.69) is 26.1 Å². The van der Waals surface area contributed by atoms with Gasteiger partial charge in [0.2, 0.25) is 0 Å². The maximum atomic E-state index is 5.75. The summed E-state index contributed by atoms with van der Waals surface area (Å²) in [4.78, 5) is 0. The number of aromatic nitrogens is 3. The largest absolute Gasteiger partial charge is 0.484 e. The molecule has 0 bridgehead atoms. The molecule has 2 rings (SSSR count). The highest BCUT2D eigenvalue weighted by atomic mass is 79.9. The molecule has 0 aliphatic heterocycles. The van der Waals surface area contributed by atoms with E-state index in [1.54, 1.807) is 0 Å². The van der Waals surface area contributed by atoms with Gasteiger partial charge in [0.05, 0.1) is 4.47 Å². The minimum Gasteiger partial charge on any atom is -0.484 e. The van der Waals surface area contributed by atoms with Crippen LogP contribution in [0.4, 0.5) is 0 Å². The number of aryl methyl sites for hydroxylation is 1. The van der Waals surface area contributed by atoms with Gasteiger partial charge in [-0.2, -0.15) is 0 Å². The van der Waals surface area contributed by atoms with Gasteiger partial charge in [0.15, 0.2) is 5.82 Å². The Hall–Kier alpha value is -1.40. The van der Waals surface area contributed by atoms with Crippen LogP contribution in [0.1, 0.15) is 17.2 Å². The summed E-state index contributed by atoms with van der Waals surface area (Å²) in [5.74, 6) is 2.47. The summed E-state index contributed by atoms with van der Waals surface area (Å²) in [6, 6.07) is 6.00. The molecule has 0 fully saturated rings. The van der Waals surface area contributed by atoms with E-state index in [9.17, 15) is 0 Å². The van der Waals surface area contributed by atoms with Crippen LogP contribution in [0.5, 0.6) is 5.75 Å². The third-order valence-electron chi connectivity index (χ3n) is 2.97. The molecule has 6 heteroatoms. The Kier molecular flexibility index (Phi) is 4.55. The second-order valence-corrected chi connectivity index (χ2v) is 5.17. The van der Waals surface area contributed by atoms with Gasteiger partial charge in [0.1, 0.15) is 18.2 Å². The number of hydrogen-bond acceptors (Lipinski definition) is 4. The third-order valence-corrected chi connectivity index (χ3v) is 3.59. The highest BCUT2D eigenvalue weighted by Crippen LogP contribution is 2.26. The molecule has 1 aromatic carbocycles. The quantitative estimate of drug-likeness (QED) is 0.913. The van der Waals surface area contributed by atoms with Crippen molar-refractivity contribution in [2.75, 3.05) is 6.54 Å². The SMILES string of the molecule is Cc1nnc(COc2ccc(CCN)cc2Br)n1C. The smallest absolute Gasteiger partial charge is 0.170 e. The Morgan fingerprint density at radius 1 is 1.37 bits per heavy atom. The zero-order valence-electron chi connectivity index (χ0n) is 11.1. The number of hydrogen-bond donors (Lipinski definition) is 1. The standard InChI is InChI=1S/C13H17BrN4O/c1-9-16-17-13(18(9)2)8-19-12-4-3-10(5-6-15)7-11(12)14/h3-4,7H,5-6,8,15H2,1-2H3. The first-order valence-corrected chi connectivity index (χ1v) is 6.87. The molecule has 0 aliphatic carbocycles. The molecular weight excluding hydrogens is 308 g/mol. The van der Waals surface area contributed by atoms with Crippen molar-refractivity contribution in [1.29, 1.82) is 0 Å². The lowest BCUT2D eigenvalue weighted by Gasteiger charge is -2.09. The molecule has 0 amide bonds. The van der Waals surface area contributed by atoms with Crippen LogP contribution < -0.4 is 10.5 Å². The lowest BCUT2D eigenvalue weighted by molar-refractivity contribution is 0.289. The van der Waals surface area contributed by atoms with Crippen LogP contribution in [-0.4, -0.2) is 21.3 Å². The Bertz CT molecular complexity index is 568. The van der Waals surface area contributed by atoms with Gasteiger partial charge in [-0.05, 0) is 53.5 Å². The van der Waals surface area contributed by atoms with Gasteiger partial charge >= 0.3 is 0 Å². The zero-order chi connectivity index (χ0) is 13.8. The second kappa shape index (κ2) is 6.16. The van der Waals surface area contributed by atoms with Gasteiger partial charge in [-0.25, -0.2) is 0 Å². The van der Waals surface area contributed by atoms with Crippen molar-refractivity contribution < 1.29 is 4.74 Å². The summed E-state index contributed by atoms with van der Waals surface area (Å²) in [7, 11) is 1.92. The average Bonchev–Trinajstić information content (AvgIpc) is 2.70. The molecule has 0 aliphatic rings. The van der Waals surface area contributed by atoms with Crippen molar-refractivity contribution in [2.24, 2.45) is 12.8 Å². The van der Waals surface area contributed by atoms with E-state index in [-0.39, 0.29) is 0 Å². The first-order chi connectivity index (χ1) is 9.11. The first kappa shape index (κ1) is 14.0. The molecule has 1 heterocycles. The predicted octanol–water partition coefficient (Wildman–Crippen LogP) is 1.97. The fourth-order valence-corrected chi connectivity index (χ4v) is 2.24. The van der Waals surface area contributed by atoms with Gasteiger partial charge in [-0.1, -0.05) is 6.07 Å². The fraction of sp³-hybridized carbons (Fsp3) is 0.385. The summed E-state index contributed by atoms with van der Waals surface area (Å²) in [5, 5.41) is 8.06. The molecule has 0 radical (unpaired) electrons. The van der Waals surface area contributed by atoms with Gasteiger partial charge in [0, 0.05) is 7.05 Å². The molecule has 0 saturated heterocycles. The van der Waals surface area contributed by atoms with E-state index in [4.69, 9.17) is 10.5 Å². The van der Waals surface area contributed by atoms with E-state index in [1.807, 2.05) is 36.7 Å². The van der Waals surface area contributed by atoms with Crippen LogP contribution in [-0.2, 0) is 20.1 Å². The minimum absolute atomic E-state index is 0.395. The Morgan fingerprint density at radius 3 is 2.74 bits per heavy atom. The maximum absolute atomic E-state index is 5.75.